The molecule has 1 unspecified atom stereocenters. The summed E-state index contributed by atoms with van der Waals surface area (Å²) in [6, 6.07) is 25.8. The van der Waals surface area contributed by atoms with Gasteiger partial charge in [-0.25, -0.2) is 0 Å². The van der Waals surface area contributed by atoms with E-state index in [9.17, 15) is 9.90 Å². The smallest absolute Gasteiger partial charge is 0.161 e. The summed E-state index contributed by atoms with van der Waals surface area (Å²) < 4.78 is 5.81. The molecule has 3 rings (SSSR count). The summed E-state index contributed by atoms with van der Waals surface area (Å²) in [6.07, 6.45) is 0.127. The SMILES string of the molecule is CC(O)C(=O)CCc1ccc(-c2ccc(Oc3ccccc3)cc2)cc1. The van der Waals surface area contributed by atoms with Crippen molar-refractivity contribution < 1.29 is 14.6 Å². The maximum Gasteiger partial charge on any atom is 0.161 e. The van der Waals surface area contributed by atoms with E-state index >= 15 is 0 Å². The number of rotatable bonds is 7. The average Bonchev–Trinajstić information content (AvgIpc) is 2.68. The Labute approximate surface area is 153 Å². The van der Waals surface area contributed by atoms with Gasteiger partial charge in [-0.3, -0.25) is 4.79 Å². The fourth-order valence-electron chi connectivity index (χ4n) is 2.68. The number of benzene rings is 3. The molecular weight excluding hydrogens is 324 g/mol. The third-order valence-electron chi connectivity index (χ3n) is 4.25. The van der Waals surface area contributed by atoms with E-state index < -0.39 is 6.10 Å². The van der Waals surface area contributed by atoms with Crippen LogP contribution in [-0.4, -0.2) is 17.0 Å². The minimum atomic E-state index is -0.883. The van der Waals surface area contributed by atoms with Crippen LogP contribution < -0.4 is 4.74 Å². The Bertz CT molecular complexity index is 835. The summed E-state index contributed by atoms with van der Waals surface area (Å²) in [5, 5.41) is 9.25. The van der Waals surface area contributed by atoms with Crippen molar-refractivity contribution in [3.8, 4) is 22.6 Å². The molecule has 0 saturated carbocycles. The largest absolute Gasteiger partial charge is 0.457 e. The molecule has 0 aliphatic carbocycles. The van der Waals surface area contributed by atoms with Gasteiger partial charge < -0.3 is 9.84 Å². The monoisotopic (exact) mass is 346 g/mol. The van der Waals surface area contributed by atoms with Crippen molar-refractivity contribution in [1.82, 2.24) is 0 Å². The molecule has 0 amide bonds. The summed E-state index contributed by atoms with van der Waals surface area (Å²) in [7, 11) is 0. The maximum atomic E-state index is 11.5. The van der Waals surface area contributed by atoms with Crippen molar-refractivity contribution in [2.75, 3.05) is 0 Å². The lowest BCUT2D eigenvalue weighted by Crippen LogP contribution is -2.16. The average molecular weight is 346 g/mol. The number of carbonyl (C=O) groups excluding carboxylic acids is 1. The minimum Gasteiger partial charge on any atom is -0.457 e. The number of ether oxygens (including phenoxy) is 1. The minimum absolute atomic E-state index is 0.122. The van der Waals surface area contributed by atoms with Crippen molar-refractivity contribution >= 4 is 5.78 Å². The van der Waals surface area contributed by atoms with Crippen molar-refractivity contribution in [2.24, 2.45) is 0 Å². The molecule has 0 aliphatic heterocycles. The van der Waals surface area contributed by atoms with Crippen LogP contribution >= 0.6 is 0 Å². The van der Waals surface area contributed by atoms with Crippen molar-refractivity contribution in [3.05, 3.63) is 84.4 Å². The van der Waals surface area contributed by atoms with E-state index in [0.29, 0.717) is 12.8 Å². The molecule has 3 aromatic carbocycles. The Morgan fingerprint density at radius 3 is 1.96 bits per heavy atom. The third kappa shape index (κ3) is 4.80. The molecule has 3 nitrogen and oxygen atoms in total. The summed E-state index contributed by atoms with van der Waals surface area (Å²) in [4.78, 5) is 11.5. The quantitative estimate of drug-likeness (QED) is 0.653. The van der Waals surface area contributed by atoms with Gasteiger partial charge in [0.15, 0.2) is 5.78 Å². The second kappa shape index (κ2) is 8.45. The zero-order valence-corrected chi connectivity index (χ0v) is 14.8. The first-order valence-corrected chi connectivity index (χ1v) is 8.75. The van der Waals surface area contributed by atoms with Gasteiger partial charge in [-0.1, -0.05) is 54.6 Å². The van der Waals surface area contributed by atoms with E-state index in [1.165, 1.54) is 6.92 Å². The van der Waals surface area contributed by atoms with Gasteiger partial charge in [-0.15, -0.1) is 0 Å². The molecule has 0 saturated heterocycles. The van der Waals surface area contributed by atoms with Crippen molar-refractivity contribution in [2.45, 2.75) is 25.9 Å². The number of aryl methyl sites for hydroxylation is 1. The first-order valence-electron chi connectivity index (χ1n) is 8.75. The highest BCUT2D eigenvalue weighted by Gasteiger charge is 2.08. The fourth-order valence-corrected chi connectivity index (χ4v) is 2.68. The molecule has 0 fully saturated rings. The lowest BCUT2D eigenvalue weighted by Gasteiger charge is -2.08. The summed E-state index contributed by atoms with van der Waals surface area (Å²) in [6.45, 7) is 1.51. The predicted molar refractivity (Wildman–Crippen MR) is 103 cm³/mol. The molecule has 0 aromatic heterocycles. The Hall–Kier alpha value is -2.91. The summed E-state index contributed by atoms with van der Waals surface area (Å²) >= 11 is 0. The summed E-state index contributed by atoms with van der Waals surface area (Å²) in [5.74, 6) is 1.49. The van der Waals surface area contributed by atoms with Crippen LogP contribution in [0.2, 0.25) is 0 Å². The molecule has 0 heterocycles. The van der Waals surface area contributed by atoms with Gasteiger partial charge in [0.25, 0.3) is 0 Å². The third-order valence-corrected chi connectivity index (χ3v) is 4.25. The standard InChI is InChI=1S/C23H22O3/c1-17(24)23(25)16-9-18-7-10-19(11-8-18)20-12-14-22(15-13-20)26-21-5-3-2-4-6-21/h2-8,10-15,17,24H,9,16H2,1H3. The molecule has 0 bridgehead atoms. The van der Waals surface area contributed by atoms with Crippen LogP contribution in [0.25, 0.3) is 11.1 Å². The number of Topliss-reactive ketones (excluding diaryl/α,β-unsaturated/α-hetero) is 1. The van der Waals surface area contributed by atoms with Crippen molar-refractivity contribution in [3.63, 3.8) is 0 Å². The highest BCUT2D eigenvalue weighted by molar-refractivity contribution is 5.82. The molecule has 26 heavy (non-hydrogen) atoms. The van der Waals surface area contributed by atoms with Gasteiger partial charge in [0.05, 0.1) is 0 Å². The zero-order chi connectivity index (χ0) is 18.4. The van der Waals surface area contributed by atoms with Crippen LogP contribution in [0.4, 0.5) is 0 Å². The predicted octanol–water partition coefficient (Wildman–Crippen LogP) is 5.03. The Morgan fingerprint density at radius 1 is 0.846 bits per heavy atom. The van der Waals surface area contributed by atoms with E-state index in [2.05, 4.69) is 12.1 Å². The molecule has 0 aliphatic rings. The van der Waals surface area contributed by atoms with Gasteiger partial charge >= 0.3 is 0 Å². The van der Waals surface area contributed by atoms with E-state index in [1.54, 1.807) is 0 Å². The normalized spacial score (nSPS) is 11.8. The van der Waals surface area contributed by atoms with E-state index in [-0.39, 0.29) is 5.78 Å². The second-order valence-corrected chi connectivity index (χ2v) is 6.28. The number of hydrogen-bond donors (Lipinski definition) is 1. The van der Waals surface area contributed by atoms with Gasteiger partial charge in [0.1, 0.15) is 17.6 Å². The molecule has 3 heteroatoms. The van der Waals surface area contributed by atoms with E-state index in [0.717, 1.165) is 28.2 Å². The molecule has 0 radical (unpaired) electrons. The lowest BCUT2D eigenvalue weighted by molar-refractivity contribution is -0.126. The van der Waals surface area contributed by atoms with Gasteiger partial charge in [0.2, 0.25) is 0 Å². The van der Waals surface area contributed by atoms with E-state index in [1.807, 2.05) is 66.7 Å². The van der Waals surface area contributed by atoms with E-state index in [4.69, 9.17) is 4.74 Å². The number of para-hydroxylation sites is 1. The fraction of sp³-hybridized carbons (Fsp3) is 0.174. The highest BCUT2D eigenvalue weighted by atomic mass is 16.5. The number of hydrogen-bond acceptors (Lipinski definition) is 3. The highest BCUT2D eigenvalue weighted by Crippen LogP contribution is 2.26. The zero-order valence-electron chi connectivity index (χ0n) is 14.8. The topological polar surface area (TPSA) is 46.5 Å². The first kappa shape index (κ1) is 17.9. The first-order chi connectivity index (χ1) is 12.6. The van der Waals surface area contributed by atoms with Crippen LogP contribution in [0.1, 0.15) is 18.9 Å². The van der Waals surface area contributed by atoms with Gasteiger partial charge in [0, 0.05) is 6.42 Å². The van der Waals surface area contributed by atoms with Crippen LogP contribution in [0.5, 0.6) is 11.5 Å². The molecule has 132 valence electrons. The van der Waals surface area contributed by atoms with Crippen LogP contribution in [0.15, 0.2) is 78.9 Å². The molecule has 3 aromatic rings. The van der Waals surface area contributed by atoms with Gasteiger partial charge in [-0.2, -0.15) is 0 Å². The molecule has 1 atom stereocenters. The lowest BCUT2D eigenvalue weighted by atomic mass is 10.0. The van der Waals surface area contributed by atoms with Crippen LogP contribution in [0, 0.1) is 0 Å². The van der Waals surface area contributed by atoms with Gasteiger partial charge in [-0.05, 0) is 54.3 Å². The maximum absolute atomic E-state index is 11.5. The second-order valence-electron chi connectivity index (χ2n) is 6.28. The Balaban J connectivity index is 1.63. The van der Waals surface area contributed by atoms with Crippen LogP contribution in [-0.2, 0) is 11.2 Å². The Kier molecular flexibility index (Phi) is 5.82. The Morgan fingerprint density at radius 2 is 1.38 bits per heavy atom. The number of carbonyl (C=O) groups is 1. The number of ketones is 1. The molecular formula is C23H22O3. The van der Waals surface area contributed by atoms with Crippen molar-refractivity contribution in [1.29, 1.82) is 0 Å². The molecule has 0 spiro atoms. The molecule has 1 N–H and O–H groups in total. The van der Waals surface area contributed by atoms with Crippen LogP contribution in [0.3, 0.4) is 0 Å². The number of aliphatic hydroxyl groups excluding tert-OH is 1. The number of aliphatic hydroxyl groups is 1. The summed E-state index contributed by atoms with van der Waals surface area (Å²) in [5.41, 5.74) is 3.31.